The Balaban J connectivity index is 1.32. The number of fused-ring (bicyclic) bond motifs is 1. The van der Waals surface area contributed by atoms with Crippen LogP contribution in [0.4, 0.5) is 5.69 Å². The second-order valence-corrected chi connectivity index (χ2v) is 12.2. The standard InChI is InChI=1S/C31H32N4O3S/c1-34-18-17-32-30(34)21-35(31(36)28-20-26(28)22-9-4-2-5-10-22)24-16-15-23-11-8-14-29(27(23)19-24)33-39(37,38)25-12-6-3-7-13-25/h2-7,9-10,12-13,15-19,26,28-29,33H,8,11,14,20-21H2,1H3/t26-,28-,29+/m1/s1. The lowest BCUT2D eigenvalue weighted by Crippen LogP contribution is -2.34. The molecular formula is C31H32N4O3S. The number of aryl methyl sites for hydroxylation is 2. The van der Waals surface area contributed by atoms with Crippen LogP contribution in [0, 0.1) is 5.92 Å². The summed E-state index contributed by atoms with van der Waals surface area (Å²) in [5.41, 5.74) is 4.01. The van der Waals surface area contributed by atoms with Gasteiger partial charge in [0.1, 0.15) is 5.82 Å². The monoisotopic (exact) mass is 540 g/mol. The molecule has 1 fully saturated rings. The summed E-state index contributed by atoms with van der Waals surface area (Å²) in [7, 11) is -1.76. The lowest BCUT2D eigenvalue weighted by molar-refractivity contribution is -0.120. The Hall–Kier alpha value is -3.75. The van der Waals surface area contributed by atoms with Crippen molar-refractivity contribution in [2.45, 2.75) is 49.1 Å². The van der Waals surface area contributed by atoms with Gasteiger partial charge >= 0.3 is 0 Å². The highest BCUT2D eigenvalue weighted by Gasteiger charge is 2.46. The molecule has 200 valence electrons. The third-order valence-electron chi connectivity index (χ3n) is 7.93. The summed E-state index contributed by atoms with van der Waals surface area (Å²) >= 11 is 0. The third kappa shape index (κ3) is 5.27. The summed E-state index contributed by atoms with van der Waals surface area (Å²) in [5.74, 6) is 0.991. The first-order valence-electron chi connectivity index (χ1n) is 13.4. The SMILES string of the molecule is Cn1ccnc1CN(C(=O)[C@@H]1C[C@@H]1c1ccccc1)c1ccc2c(c1)[C@@H](NS(=O)(=O)c1ccccc1)CCC2. The highest BCUT2D eigenvalue weighted by Crippen LogP contribution is 2.49. The van der Waals surface area contributed by atoms with E-state index in [2.05, 4.69) is 21.8 Å². The van der Waals surface area contributed by atoms with Crippen molar-refractivity contribution in [1.82, 2.24) is 14.3 Å². The fourth-order valence-electron chi connectivity index (χ4n) is 5.66. The first-order valence-corrected chi connectivity index (χ1v) is 14.9. The molecule has 7 nitrogen and oxygen atoms in total. The molecule has 0 aliphatic heterocycles. The second-order valence-electron chi connectivity index (χ2n) is 10.5. The van der Waals surface area contributed by atoms with Crippen molar-refractivity contribution in [3.63, 3.8) is 0 Å². The van der Waals surface area contributed by atoms with Crippen molar-refractivity contribution in [3.05, 3.63) is 114 Å². The largest absolute Gasteiger partial charge is 0.337 e. The zero-order valence-corrected chi connectivity index (χ0v) is 22.7. The molecule has 8 heteroatoms. The molecule has 0 spiro atoms. The van der Waals surface area contributed by atoms with Gasteiger partial charge in [0.05, 0.1) is 11.4 Å². The Morgan fingerprint density at radius 3 is 2.51 bits per heavy atom. The topological polar surface area (TPSA) is 84.3 Å². The van der Waals surface area contributed by atoms with Gasteiger partial charge in [0.15, 0.2) is 0 Å². The van der Waals surface area contributed by atoms with E-state index in [-0.39, 0.29) is 28.7 Å². The van der Waals surface area contributed by atoms with Crippen molar-refractivity contribution in [1.29, 1.82) is 0 Å². The van der Waals surface area contributed by atoms with Crippen LogP contribution in [0.1, 0.15) is 53.7 Å². The van der Waals surface area contributed by atoms with E-state index in [0.717, 1.165) is 41.9 Å². The van der Waals surface area contributed by atoms with Crippen LogP contribution in [0.5, 0.6) is 0 Å². The van der Waals surface area contributed by atoms with Crippen LogP contribution >= 0.6 is 0 Å². The molecule has 1 saturated carbocycles. The molecular weight excluding hydrogens is 508 g/mol. The highest BCUT2D eigenvalue weighted by atomic mass is 32.2. The summed E-state index contributed by atoms with van der Waals surface area (Å²) < 4.78 is 31.2. The van der Waals surface area contributed by atoms with Gasteiger partial charge in [-0.3, -0.25) is 4.79 Å². The van der Waals surface area contributed by atoms with E-state index >= 15 is 0 Å². The summed E-state index contributed by atoms with van der Waals surface area (Å²) in [6.07, 6.45) is 6.92. The molecule has 2 aliphatic rings. The maximum Gasteiger partial charge on any atom is 0.241 e. The van der Waals surface area contributed by atoms with Crippen LogP contribution in [0.2, 0.25) is 0 Å². The first-order chi connectivity index (χ1) is 18.9. The molecule has 1 aromatic heterocycles. The molecule has 0 radical (unpaired) electrons. The van der Waals surface area contributed by atoms with Gasteiger partial charge in [-0.15, -0.1) is 0 Å². The Kier molecular flexibility index (Phi) is 6.83. The number of carbonyl (C=O) groups is 1. The summed E-state index contributed by atoms with van der Waals surface area (Å²) in [4.78, 5) is 20.5. The molecule has 0 bridgehead atoms. The van der Waals surface area contributed by atoms with Crippen LogP contribution in [0.25, 0.3) is 0 Å². The van der Waals surface area contributed by atoms with Gasteiger partial charge in [-0.05, 0) is 72.6 Å². The number of nitrogens with zero attached hydrogens (tertiary/aromatic N) is 3. The summed E-state index contributed by atoms with van der Waals surface area (Å²) in [6.45, 7) is 0.347. The number of benzene rings is 3. The molecule has 1 heterocycles. The van der Waals surface area contributed by atoms with Gasteiger partial charge in [-0.1, -0.05) is 54.6 Å². The number of amides is 1. The molecule has 1 amide bonds. The molecule has 2 aliphatic carbocycles. The number of rotatable bonds is 8. The van der Waals surface area contributed by atoms with E-state index in [9.17, 15) is 13.2 Å². The highest BCUT2D eigenvalue weighted by molar-refractivity contribution is 7.89. The molecule has 0 saturated heterocycles. The number of carbonyl (C=O) groups excluding carboxylic acids is 1. The minimum absolute atomic E-state index is 0.0732. The van der Waals surface area contributed by atoms with E-state index in [1.54, 1.807) is 36.5 Å². The molecule has 1 N–H and O–H groups in total. The van der Waals surface area contributed by atoms with Crippen LogP contribution < -0.4 is 9.62 Å². The Labute approximate surface area is 229 Å². The van der Waals surface area contributed by atoms with E-state index in [1.165, 1.54) is 5.56 Å². The van der Waals surface area contributed by atoms with Crippen LogP contribution in [0.15, 0.2) is 96.2 Å². The first kappa shape index (κ1) is 25.5. The van der Waals surface area contributed by atoms with Crippen LogP contribution in [-0.2, 0) is 34.8 Å². The number of imidazole rings is 1. The molecule has 4 aromatic rings. The number of aromatic nitrogens is 2. The van der Waals surface area contributed by atoms with Crippen molar-refractivity contribution in [3.8, 4) is 0 Å². The van der Waals surface area contributed by atoms with Gasteiger partial charge in [0, 0.05) is 37.1 Å². The fraction of sp³-hybridized carbons (Fsp3) is 0.290. The molecule has 39 heavy (non-hydrogen) atoms. The normalized spacial score (nSPS) is 20.3. The maximum atomic E-state index is 14.0. The smallest absolute Gasteiger partial charge is 0.241 e. The van der Waals surface area contributed by atoms with Crippen LogP contribution in [0.3, 0.4) is 0 Å². The van der Waals surface area contributed by atoms with E-state index < -0.39 is 10.0 Å². The lowest BCUT2D eigenvalue weighted by atomic mass is 9.87. The minimum atomic E-state index is -3.68. The van der Waals surface area contributed by atoms with Gasteiger partial charge in [0.2, 0.25) is 15.9 Å². The van der Waals surface area contributed by atoms with Crippen molar-refractivity contribution < 1.29 is 13.2 Å². The summed E-state index contributed by atoms with van der Waals surface area (Å²) in [6, 6.07) is 24.4. The number of anilines is 1. The molecule has 3 atom stereocenters. The average molecular weight is 541 g/mol. The fourth-order valence-corrected chi connectivity index (χ4v) is 6.93. The zero-order valence-electron chi connectivity index (χ0n) is 21.9. The Morgan fingerprint density at radius 1 is 1.05 bits per heavy atom. The van der Waals surface area contributed by atoms with E-state index in [1.807, 2.05) is 59.1 Å². The Bertz CT molecular complexity index is 1580. The number of hydrogen-bond donors (Lipinski definition) is 1. The van der Waals surface area contributed by atoms with Gasteiger partial charge in [-0.2, -0.15) is 0 Å². The van der Waals surface area contributed by atoms with Crippen LogP contribution in [-0.4, -0.2) is 23.9 Å². The molecule has 6 rings (SSSR count). The predicted molar refractivity (Wildman–Crippen MR) is 151 cm³/mol. The van der Waals surface area contributed by atoms with Crippen molar-refractivity contribution >= 4 is 21.6 Å². The number of sulfonamides is 1. The zero-order chi connectivity index (χ0) is 27.0. The second kappa shape index (κ2) is 10.4. The quantitative estimate of drug-likeness (QED) is 0.337. The third-order valence-corrected chi connectivity index (χ3v) is 9.42. The van der Waals surface area contributed by atoms with E-state index in [4.69, 9.17) is 0 Å². The van der Waals surface area contributed by atoms with Gasteiger partial charge < -0.3 is 9.47 Å². The summed E-state index contributed by atoms with van der Waals surface area (Å²) in [5, 5.41) is 0. The van der Waals surface area contributed by atoms with Gasteiger partial charge in [0.25, 0.3) is 0 Å². The number of nitrogens with one attached hydrogen (secondary N) is 1. The number of hydrogen-bond acceptors (Lipinski definition) is 4. The van der Waals surface area contributed by atoms with Crippen molar-refractivity contribution in [2.24, 2.45) is 13.0 Å². The maximum absolute atomic E-state index is 14.0. The predicted octanol–water partition coefficient (Wildman–Crippen LogP) is 5.11. The Morgan fingerprint density at radius 2 is 1.79 bits per heavy atom. The molecule has 3 aromatic carbocycles. The lowest BCUT2D eigenvalue weighted by Gasteiger charge is -2.29. The van der Waals surface area contributed by atoms with Crippen molar-refractivity contribution in [2.75, 3.05) is 4.90 Å². The van der Waals surface area contributed by atoms with Gasteiger partial charge in [-0.25, -0.2) is 18.1 Å². The average Bonchev–Trinajstić information content (AvgIpc) is 3.67. The molecule has 0 unspecified atom stereocenters. The van der Waals surface area contributed by atoms with E-state index in [0.29, 0.717) is 13.0 Å². The minimum Gasteiger partial charge on any atom is -0.337 e.